The minimum atomic E-state index is -0.510. The van der Waals surface area contributed by atoms with Gasteiger partial charge in [-0.3, -0.25) is 4.79 Å². The Balaban J connectivity index is 1.91. The summed E-state index contributed by atoms with van der Waals surface area (Å²) < 4.78 is 35.8. The van der Waals surface area contributed by atoms with Gasteiger partial charge in [-0.2, -0.15) is 4.98 Å². The summed E-state index contributed by atoms with van der Waals surface area (Å²) >= 11 is 6.30. The van der Waals surface area contributed by atoms with Gasteiger partial charge < -0.3 is 18.7 Å². The lowest BCUT2D eigenvalue weighted by molar-refractivity contribution is -0.143. The fourth-order valence-electron chi connectivity index (χ4n) is 3.15. The summed E-state index contributed by atoms with van der Waals surface area (Å²) in [6.07, 6.45) is 0.310. The van der Waals surface area contributed by atoms with Crippen molar-refractivity contribution in [1.82, 2.24) is 10.1 Å². The van der Waals surface area contributed by atoms with Crippen LogP contribution in [0.1, 0.15) is 32.8 Å². The van der Waals surface area contributed by atoms with Crippen molar-refractivity contribution in [3.63, 3.8) is 0 Å². The van der Waals surface area contributed by atoms with E-state index < -0.39 is 5.82 Å². The molecule has 0 amide bonds. The average molecular weight is 463 g/mol. The Kier molecular flexibility index (Phi) is 7.69. The van der Waals surface area contributed by atoms with E-state index in [1.165, 1.54) is 19.2 Å². The van der Waals surface area contributed by atoms with Crippen molar-refractivity contribution in [1.29, 1.82) is 0 Å². The van der Waals surface area contributed by atoms with E-state index >= 15 is 0 Å². The van der Waals surface area contributed by atoms with Crippen molar-refractivity contribution >= 4 is 17.6 Å². The van der Waals surface area contributed by atoms with Crippen molar-refractivity contribution in [2.75, 3.05) is 13.7 Å². The van der Waals surface area contributed by atoms with Crippen molar-refractivity contribution in [2.45, 2.75) is 39.7 Å². The molecular formula is C23H24ClFN2O5. The molecule has 170 valence electrons. The molecule has 0 atom stereocenters. The van der Waals surface area contributed by atoms with Crippen LogP contribution in [-0.4, -0.2) is 35.9 Å². The minimum Gasteiger partial charge on any atom is -0.496 e. The number of ether oxygens (including phenoxy) is 3. The third-order valence-electron chi connectivity index (χ3n) is 4.45. The number of carbonyl (C=O) groups is 1. The summed E-state index contributed by atoms with van der Waals surface area (Å²) in [6.45, 7) is 5.82. The van der Waals surface area contributed by atoms with Gasteiger partial charge in [0.15, 0.2) is 0 Å². The molecule has 0 aliphatic heterocycles. The van der Waals surface area contributed by atoms with E-state index in [2.05, 4.69) is 10.1 Å². The standard InChI is InChI=1S/C23H24ClFN2O5/c1-5-30-20(28)9-7-14-10-16(25)12-17(21(14)29-4)22-26-23(32-27-22)15-6-8-19(18(24)11-15)31-13(2)3/h6,8,10-13H,5,7,9H2,1-4H3. The second kappa shape index (κ2) is 10.5. The predicted octanol–water partition coefficient (Wildman–Crippen LogP) is 5.49. The maximum absolute atomic E-state index is 14.3. The Bertz CT molecular complexity index is 1100. The zero-order valence-electron chi connectivity index (χ0n) is 18.3. The molecule has 0 radical (unpaired) electrons. The number of aromatic nitrogens is 2. The van der Waals surface area contributed by atoms with Gasteiger partial charge in [-0.05, 0) is 63.1 Å². The normalized spacial score (nSPS) is 11.0. The highest BCUT2D eigenvalue weighted by molar-refractivity contribution is 6.32. The van der Waals surface area contributed by atoms with E-state index in [4.69, 9.17) is 30.3 Å². The topological polar surface area (TPSA) is 83.7 Å². The highest BCUT2D eigenvalue weighted by atomic mass is 35.5. The van der Waals surface area contributed by atoms with E-state index in [1.54, 1.807) is 25.1 Å². The van der Waals surface area contributed by atoms with E-state index in [-0.39, 0.29) is 43.2 Å². The van der Waals surface area contributed by atoms with E-state index in [9.17, 15) is 9.18 Å². The first-order chi connectivity index (χ1) is 15.3. The molecule has 32 heavy (non-hydrogen) atoms. The fourth-order valence-corrected chi connectivity index (χ4v) is 3.37. The van der Waals surface area contributed by atoms with Gasteiger partial charge in [0.2, 0.25) is 5.82 Å². The van der Waals surface area contributed by atoms with Crippen LogP contribution in [0.2, 0.25) is 5.02 Å². The number of methoxy groups -OCH3 is 1. The smallest absolute Gasteiger partial charge is 0.306 e. The molecular weight excluding hydrogens is 439 g/mol. The molecule has 0 fully saturated rings. The number of esters is 1. The fraction of sp³-hybridized carbons (Fsp3) is 0.348. The summed E-state index contributed by atoms with van der Waals surface area (Å²) in [5.41, 5.74) is 1.40. The first kappa shape index (κ1) is 23.5. The quantitative estimate of drug-likeness (QED) is 0.389. The molecule has 0 bridgehead atoms. The van der Waals surface area contributed by atoms with E-state index in [0.717, 1.165) is 0 Å². The Morgan fingerprint density at radius 3 is 2.69 bits per heavy atom. The van der Waals surface area contributed by atoms with Gasteiger partial charge in [-0.1, -0.05) is 16.8 Å². The SMILES string of the molecule is CCOC(=O)CCc1cc(F)cc(-c2noc(-c3ccc(OC(C)C)c(Cl)c3)n2)c1OC. The molecule has 0 N–H and O–H groups in total. The van der Waals surface area contributed by atoms with Crippen LogP contribution in [0.5, 0.6) is 11.5 Å². The van der Waals surface area contributed by atoms with Crippen LogP contribution in [-0.2, 0) is 16.0 Å². The summed E-state index contributed by atoms with van der Waals surface area (Å²) in [6, 6.07) is 7.69. The predicted molar refractivity (Wildman–Crippen MR) is 117 cm³/mol. The lowest BCUT2D eigenvalue weighted by atomic mass is 10.0. The molecule has 3 rings (SSSR count). The zero-order chi connectivity index (χ0) is 23.3. The molecule has 3 aromatic rings. The lowest BCUT2D eigenvalue weighted by Crippen LogP contribution is -2.06. The number of halogens is 2. The molecule has 9 heteroatoms. The third kappa shape index (κ3) is 5.56. The van der Waals surface area contributed by atoms with Crippen molar-refractivity contribution in [2.24, 2.45) is 0 Å². The third-order valence-corrected chi connectivity index (χ3v) is 4.74. The van der Waals surface area contributed by atoms with Gasteiger partial charge >= 0.3 is 5.97 Å². The highest BCUT2D eigenvalue weighted by Gasteiger charge is 2.20. The van der Waals surface area contributed by atoms with E-state index in [0.29, 0.717) is 33.2 Å². The molecule has 0 unspecified atom stereocenters. The maximum atomic E-state index is 14.3. The Hall–Kier alpha value is -3.13. The number of carbonyl (C=O) groups excluding carboxylic acids is 1. The van der Waals surface area contributed by atoms with Crippen molar-refractivity contribution in [3.8, 4) is 34.3 Å². The van der Waals surface area contributed by atoms with Crippen LogP contribution in [0.4, 0.5) is 4.39 Å². The lowest BCUT2D eigenvalue weighted by Gasteiger charge is -2.12. The van der Waals surface area contributed by atoms with E-state index in [1.807, 2.05) is 13.8 Å². The van der Waals surface area contributed by atoms with Crippen LogP contribution in [0.3, 0.4) is 0 Å². The molecule has 0 saturated carbocycles. The van der Waals surface area contributed by atoms with Gasteiger partial charge in [-0.15, -0.1) is 0 Å². The zero-order valence-corrected chi connectivity index (χ0v) is 19.0. The molecule has 1 heterocycles. The molecule has 2 aromatic carbocycles. The number of benzene rings is 2. The van der Waals surface area contributed by atoms with Crippen LogP contribution in [0, 0.1) is 5.82 Å². The Morgan fingerprint density at radius 2 is 2.03 bits per heavy atom. The molecule has 0 aliphatic carbocycles. The number of nitrogens with zero attached hydrogens (tertiary/aromatic N) is 2. The van der Waals surface area contributed by atoms with Gasteiger partial charge in [-0.25, -0.2) is 4.39 Å². The Morgan fingerprint density at radius 1 is 1.25 bits per heavy atom. The molecule has 1 aromatic heterocycles. The summed E-state index contributed by atoms with van der Waals surface area (Å²) in [5.74, 6) is 0.378. The summed E-state index contributed by atoms with van der Waals surface area (Å²) in [5, 5.41) is 4.38. The average Bonchev–Trinajstić information content (AvgIpc) is 3.23. The molecule has 7 nitrogen and oxygen atoms in total. The molecule has 0 spiro atoms. The van der Waals surface area contributed by atoms with Gasteiger partial charge in [0.05, 0.1) is 30.4 Å². The van der Waals surface area contributed by atoms with Crippen molar-refractivity contribution < 1.29 is 27.9 Å². The van der Waals surface area contributed by atoms with Crippen LogP contribution >= 0.6 is 11.6 Å². The van der Waals surface area contributed by atoms with Crippen LogP contribution in [0.15, 0.2) is 34.9 Å². The number of rotatable bonds is 9. The minimum absolute atomic E-state index is 0.0215. The maximum Gasteiger partial charge on any atom is 0.306 e. The molecule has 0 aliphatic rings. The highest BCUT2D eigenvalue weighted by Crippen LogP contribution is 2.36. The number of hydrogen-bond acceptors (Lipinski definition) is 7. The first-order valence-corrected chi connectivity index (χ1v) is 10.5. The van der Waals surface area contributed by atoms with Gasteiger partial charge in [0.1, 0.15) is 17.3 Å². The first-order valence-electron chi connectivity index (χ1n) is 10.1. The second-order valence-electron chi connectivity index (χ2n) is 7.19. The monoisotopic (exact) mass is 462 g/mol. The van der Waals surface area contributed by atoms with Gasteiger partial charge in [0.25, 0.3) is 5.89 Å². The summed E-state index contributed by atoms with van der Waals surface area (Å²) in [7, 11) is 1.46. The number of aryl methyl sites for hydroxylation is 1. The van der Waals surface area contributed by atoms with Crippen LogP contribution < -0.4 is 9.47 Å². The largest absolute Gasteiger partial charge is 0.496 e. The van der Waals surface area contributed by atoms with Crippen molar-refractivity contribution in [3.05, 3.63) is 46.7 Å². The second-order valence-corrected chi connectivity index (χ2v) is 7.59. The van der Waals surface area contributed by atoms with Gasteiger partial charge in [0, 0.05) is 12.0 Å². The summed E-state index contributed by atoms with van der Waals surface area (Å²) in [4.78, 5) is 16.1. The number of hydrogen-bond donors (Lipinski definition) is 0. The molecule has 0 saturated heterocycles. The Labute approximate surface area is 190 Å². The van der Waals surface area contributed by atoms with Crippen LogP contribution in [0.25, 0.3) is 22.8 Å².